The normalized spacial score (nSPS) is 12.2. The Bertz CT molecular complexity index is 6680. The van der Waals surface area contributed by atoms with Crippen molar-refractivity contribution in [1.29, 1.82) is 0 Å². The number of aryl methyl sites for hydroxylation is 2. The van der Waals surface area contributed by atoms with Crippen LogP contribution in [0.25, 0.3) is 187 Å². The van der Waals surface area contributed by atoms with Crippen LogP contribution in [0.1, 0.15) is 29.5 Å². The number of nitrogens with zero attached hydrogens (tertiary/aromatic N) is 2. The lowest BCUT2D eigenvalue weighted by atomic mass is 9.85. The number of hydrogen-bond acceptors (Lipinski definition) is 0. The molecule has 0 fully saturated rings. The van der Waals surface area contributed by atoms with E-state index in [0.717, 1.165) is 11.4 Å². The first-order chi connectivity index (χ1) is 53.0. The smallest absolute Gasteiger partial charge is 0.0541 e. The van der Waals surface area contributed by atoms with Gasteiger partial charge in [0.15, 0.2) is 0 Å². The summed E-state index contributed by atoms with van der Waals surface area (Å²) in [5.41, 5.74) is 31.7. The predicted octanol–water partition coefficient (Wildman–Crippen LogP) is 28.7. The van der Waals surface area contributed by atoms with Crippen LogP contribution in [0.4, 0.5) is 0 Å². The molecular formula is C105H74N2. The molecule has 2 nitrogen and oxygen atoms in total. The van der Waals surface area contributed by atoms with Crippen molar-refractivity contribution in [2.24, 2.45) is 0 Å². The van der Waals surface area contributed by atoms with Gasteiger partial charge in [0.2, 0.25) is 0 Å². The summed E-state index contributed by atoms with van der Waals surface area (Å²) < 4.78 is 4.84. The molecule has 0 aliphatic heterocycles. The zero-order chi connectivity index (χ0) is 70.9. The molecule has 0 saturated carbocycles. The monoisotopic (exact) mass is 1360 g/mol. The van der Waals surface area contributed by atoms with Crippen molar-refractivity contribution in [2.75, 3.05) is 0 Å². The summed E-state index contributed by atoms with van der Waals surface area (Å²) in [4.78, 5) is 0. The molecule has 0 atom stereocenters. The first kappa shape index (κ1) is 63.3. The quantitative estimate of drug-likeness (QED) is 0.121. The number of rotatable bonds is 10. The average Bonchev–Trinajstić information content (AvgIpc) is 1.41. The second kappa shape index (κ2) is 26.7. The summed E-state index contributed by atoms with van der Waals surface area (Å²) >= 11 is 0. The van der Waals surface area contributed by atoms with Crippen molar-refractivity contribution in [3.63, 3.8) is 0 Å². The third-order valence-corrected chi connectivity index (χ3v) is 22.7. The number of para-hydroxylation sites is 2. The molecule has 0 unspecified atom stereocenters. The third-order valence-electron chi connectivity index (χ3n) is 22.7. The van der Waals surface area contributed by atoms with Gasteiger partial charge in [0.25, 0.3) is 0 Å². The molecule has 1 aliphatic carbocycles. The van der Waals surface area contributed by atoms with Gasteiger partial charge in [0.1, 0.15) is 0 Å². The van der Waals surface area contributed by atoms with E-state index in [1.165, 1.54) is 213 Å². The molecule has 2 heterocycles. The second-order valence-corrected chi connectivity index (χ2v) is 28.8. The van der Waals surface area contributed by atoms with Gasteiger partial charge in [-0.3, -0.25) is 0 Å². The van der Waals surface area contributed by atoms with Gasteiger partial charge >= 0.3 is 0 Å². The highest BCUT2D eigenvalue weighted by molar-refractivity contribution is 6.23. The molecule has 0 radical (unpaired) electrons. The Hall–Kier alpha value is -13.4. The molecule has 0 amide bonds. The van der Waals surface area contributed by atoms with E-state index < -0.39 is 0 Å². The summed E-state index contributed by atoms with van der Waals surface area (Å²) in [6.45, 7) is 2.13. The molecule has 0 spiro atoms. The predicted molar refractivity (Wildman–Crippen MR) is 456 cm³/mol. The van der Waals surface area contributed by atoms with Crippen molar-refractivity contribution in [3.8, 4) is 100 Å². The second-order valence-electron chi connectivity index (χ2n) is 28.8. The molecule has 107 heavy (non-hydrogen) atoms. The maximum Gasteiger partial charge on any atom is 0.0541 e. The van der Waals surface area contributed by atoms with E-state index in [-0.39, 0.29) is 0 Å². The lowest BCUT2D eigenvalue weighted by Crippen LogP contribution is -2.04. The molecule has 0 N–H and O–H groups in total. The van der Waals surface area contributed by atoms with Gasteiger partial charge in [0, 0.05) is 32.9 Å². The lowest BCUT2D eigenvalue weighted by molar-refractivity contribution is 0.687. The highest BCUT2D eigenvalue weighted by Gasteiger charge is 2.22. The number of aromatic nitrogens is 2. The Labute approximate surface area is 623 Å². The van der Waals surface area contributed by atoms with Gasteiger partial charge in [-0.1, -0.05) is 327 Å². The SMILES string of the molecule is Cc1ccc(-c2ccc(-c3ccc4c(c3)c3ccccc3n4-c3ccc(-c4c5ccccc5c(-c5ccccc5)c5ccccc45)cc3)cc2)cc1.c1ccc(-c2c3ccccc3c(-c3ccc(-n4c5ccccc5c5cc(-c6ccc(-c7cccc8c7CCCC8)cc6)ccc54)cc3)c3ccccc23)cc1. The van der Waals surface area contributed by atoms with Gasteiger partial charge in [-0.15, -0.1) is 0 Å². The number of benzene rings is 18. The summed E-state index contributed by atoms with van der Waals surface area (Å²) in [6.07, 6.45) is 4.98. The van der Waals surface area contributed by atoms with Crippen LogP contribution in [0, 0.1) is 6.92 Å². The number of hydrogen-bond donors (Lipinski definition) is 0. The van der Waals surface area contributed by atoms with Crippen LogP contribution in [-0.4, -0.2) is 9.13 Å². The minimum absolute atomic E-state index is 1.15. The summed E-state index contributed by atoms with van der Waals surface area (Å²) in [6, 6.07) is 141. The van der Waals surface area contributed by atoms with Gasteiger partial charge in [0.05, 0.1) is 22.1 Å². The standard InChI is InChI=1S/C54H39N.C51H35N/c1-2-14-39(15-3-1)53-46-19-6-8-21-48(46)54(49-22-9-7-20-47(49)53)40-29-32-42(33-30-40)55-51-24-11-10-18-45(51)50-35-41(31-34-52(50)55)36-25-27-38(28-26-36)44-23-12-16-37-13-4-5-17-43(37)44;1-34-19-21-35(22-20-34)36-23-25-37(26-24-36)40-29-32-49-47(33-40)42-13-9-10-18-48(42)52(49)41-30-27-39(28-31-41)51-45-16-7-5-14-43(45)50(38-11-3-2-4-12-38)44-15-6-8-17-46(44)51/h1-3,6-12,14-16,18-35H,4-5,13,17H2;2-33H,1H3. The van der Waals surface area contributed by atoms with E-state index in [2.05, 4.69) is 398 Å². The van der Waals surface area contributed by atoms with E-state index in [0.29, 0.717) is 0 Å². The molecule has 20 aromatic rings. The van der Waals surface area contributed by atoms with Gasteiger partial charge < -0.3 is 9.13 Å². The third kappa shape index (κ3) is 11.1. The van der Waals surface area contributed by atoms with Crippen LogP contribution in [0.15, 0.2) is 382 Å². The fraction of sp³-hybridized carbons (Fsp3) is 0.0476. The fourth-order valence-electron chi connectivity index (χ4n) is 17.6. The highest BCUT2D eigenvalue weighted by atomic mass is 15.0. The first-order valence-corrected chi connectivity index (χ1v) is 37.7. The highest BCUT2D eigenvalue weighted by Crippen LogP contribution is 2.47. The minimum atomic E-state index is 1.15. The van der Waals surface area contributed by atoms with Crippen molar-refractivity contribution >= 4 is 86.7 Å². The molecule has 2 heteroatoms. The van der Waals surface area contributed by atoms with Crippen LogP contribution in [0.5, 0.6) is 0 Å². The fourth-order valence-corrected chi connectivity index (χ4v) is 17.6. The van der Waals surface area contributed by atoms with E-state index in [1.54, 1.807) is 5.56 Å². The molecule has 18 aromatic carbocycles. The van der Waals surface area contributed by atoms with E-state index in [1.807, 2.05) is 0 Å². The first-order valence-electron chi connectivity index (χ1n) is 37.7. The van der Waals surface area contributed by atoms with Crippen molar-refractivity contribution in [3.05, 3.63) is 399 Å². The molecule has 0 saturated heterocycles. The van der Waals surface area contributed by atoms with Crippen molar-refractivity contribution in [1.82, 2.24) is 9.13 Å². The zero-order valence-corrected chi connectivity index (χ0v) is 59.6. The summed E-state index contributed by atoms with van der Waals surface area (Å²) in [5, 5.41) is 15.2. The summed E-state index contributed by atoms with van der Waals surface area (Å²) in [7, 11) is 0. The minimum Gasteiger partial charge on any atom is -0.309 e. The molecule has 504 valence electrons. The number of fused-ring (bicyclic) bond motifs is 11. The molecule has 2 aromatic heterocycles. The van der Waals surface area contributed by atoms with Crippen LogP contribution in [-0.2, 0) is 12.8 Å². The average molecular weight is 1360 g/mol. The Balaban J connectivity index is 0.000000142. The van der Waals surface area contributed by atoms with Gasteiger partial charge in [-0.25, -0.2) is 0 Å². The van der Waals surface area contributed by atoms with Crippen molar-refractivity contribution in [2.45, 2.75) is 32.6 Å². The van der Waals surface area contributed by atoms with Crippen LogP contribution in [0.2, 0.25) is 0 Å². The Morgan fingerprint density at radius 2 is 0.486 bits per heavy atom. The van der Waals surface area contributed by atoms with Gasteiger partial charge in [-0.05, 0) is 237 Å². The molecule has 1 aliphatic rings. The summed E-state index contributed by atoms with van der Waals surface area (Å²) in [5.74, 6) is 0. The largest absolute Gasteiger partial charge is 0.309 e. The maximum atomic E-state index is 2.43. The topological polar surface area (TPSA) is 9.86 Å². The molecular weight excluding hydrogens is 1290 g/mol. The van der Waals surface area contributed by atoms with E-state index >= 15 is 0 Å². The lowest BCUT2D eigenvalue weighted by Gasteiger charge is -2.19. The maximum absolute atomic E-state index is 2.43. The Kier molecular flexibility index (Phi) is 15.8. The molecule has 21 rings (SSSR count). The van der Waals surface area contributed by atoms with Gasteiger partial charge in [-0.2, -0.15) is 0 Å². The molecule has 0 bridgehead atoms. The van der Waals surface area contributed by atoms with Crippen LogP contribution < -0.4 is 0 Å². The Morgan fingerprint density at radius 1 is 0.196 bits per heavy atom. The van der Waals surface area contributed by atoms with Crippen molar-refractivity contribution < 1.29 is 0 Å². The van der Waals surface area contributed by atoms with Crippen LogP contribution in [0.3, 0.4) is 0 Å². The van der Waals surface area contributed by atoms with Crippen LogP contribution >= 0.6 is 0 Å². The van der Waals surface area contributed by atoms with E-state index in [9.17, 15) is 0 Å². The Morgan fingerprint density at radius 3 is 0.879 bits per heavy atom. The van der Waals surface area contributed by atoms with E-state index in [4.69, 9.17) is 0 Å². The zero-order valence-electron chi connectivity index (χ0n) is 59.6.